The Hall–Kier alpha value is -2.59. The number of hydrogen-bond donors (Lipinski definition) is 2. The highest BCUT2D eigenvalue weighted by atomic mass is 16.5. The van der Waals surface area contributed by atoms with Crippen molar-refractivity contribution in [3.8, 4) is 6.07 Å². The second-order valence-electron chi connectivity index (χ2n) is 4.33. The van der Waals surface area contributed by atoms with Crippen molar-refractivity contribution < 1.29 is 19.4 Å². The number of benzene rings is 1. The van der Waals surface area contributed by atoms with Gasteiger partial charge in [-0.2, -0.15) is 5.26 Å². The largest absolute Gasteiger partial charge is 0.481 e. The summed E-state index contributed by atoms with van der Waals surface area (Å²) in [6, 6.07) is 8.27. The third-order valence-corrected chi connectivity index (χ3v) is 2.91. The van der Waals surface area contributed by atoms with Crippen LogP contribution in [0.4, 0.5) is 10.5 Å². The summed E-state index contributed by atoms with van der Waals surface area (Å²) in [7, 11) is 2.92. The number of hydrogen-bond acceptors (Lipinski definition) is 4. The number of anilines is 1. The number of carboxylic acids is 1. The molecule has 0 radical (unpaired) electrons. The molecule has 2 amide bonds. The lowest BCUT2D eigenvalue weighted by Gasteiger charge is -2.21. The zero-order chi connectivity index (χ0) is 15.8. The summed E-state index contributed by atoms with van der Waals surface area (Å²) in [4.78, 5) is 23.9. The molecular formula is C14H17N3O4. The second kappa shape index (κ2) is 7.87. The van der Waals surface area contributed by atoms with Crippen LogP contribution in [-0.4, -0.2) is 43.9 Å². The first kappa shape index (κ1) is 16.5. The van der Waals surface area contributed by atoms with Crippen LogP contribution in [0.2, 0.25) is 0 Å². The first-order valence-corrected chi connectivity index (χ1v) is 6.24. The molecule has 0 aromatic heterocycles. The van der Waals surface area contributed by atoms with Gasteiger partial charge in [0.05, 0.1) is 23.8 Å². The number of carbonyl (C=O) groups is 2. The lowest BCUT2D eigenvalue weighted by atomic mass is 10.2. The molecule has 2 N–H and O–H groups in total. The number of methoxy groups -OCH3 is 1. The zero-order valence-corrected chi connectivity index (χ0v) is 11.9. The zero-order valence-electron chi connectivity index (χ0n) is 11.9. The molecule has 0 fully saturated rings. The number of carbonyl (C=O) groups excluding carboxylic acids is 1. The van der Waals surface area contributed by atoms with Gasteiger partial charge in [-0.05, 0) is 12.1 Å². The van der Waals surface area contributed by atoms with Crippen molar-refractivity contribution in [2.24, 2.45) is 0 Å². The molecule has 1 unspecified atom stereocenters. The number of nitrogens with zero attached hydrogens (tertiary/aromatic N) is 2. The number of urea groups is 1. The fraction of sp³-hybridized carbons (Fsp3) is 0.357. The van der Waals surface area contributed by atoms with E-state index >= 15 is 0 Å². The van der Waals surface area contributed by atoms with Crippen molar-refractivity contribution in [2.45, 2.75) is 12.5 Å². The average Bonchev–Trinajstić information content (AvgIpc) is 2.49. The van der Waals surface area contributed by atoms with E-state index in [-0.39, 0.29) is 13.0 Å². The van der Waals surface area contributed by atoms with Crippen molar-refractivity contribution in [1.29, 1.82) is 5.26 Å². The molecule has 0 aliphatic carbocycles. The van der Waals surface area contributed by atoms with Gasteiger partial charge >= 0.3 is 12.0 Å². The number of nitrogens with one attached hydrogen (secondary N) is 1. The third-order valence-electron chi connectivity index (χ3n) is 2.91. The molecule has 1 aromatic carbocycles. The van der Waals surface area contributed by atoms with Crippen LogP contribution in [-0.2, 0) is 9.53 Å². The van der Waals surface area contributed by atoms with Gasteiger partial charge in [0.1, 0.15) is 6.07 Å². The van der Waals surface area contributed by atoms with Gasteiger partial charge in [-0.25, -0.2) is 4.79 Å². The van der Waals surface area contributed by atoms with Gasteiger partial charge in [0.2, 0.25) is 0 Å². The predicted molar refractivity (Wildman–Crippen MR) is 76.0 cm³/mol. The van der Waals surface area contributed by atoms with E-state index in [1.54, 1.807) is 24.3 Å². The van der Waals surface area contributed by atoms with E-state index in [9.17, 15) is 9.59 Å². The van der Waals surface area contributed by atoms with E-state index in [2.05, 4.69) is 5.32 Å². The number of para-hydroxylation sites is 1. The summed E-state index contributed by atoms with van der Waals surface area (Å²) in [5, 5.41) is 20.3. The van der Waals surface area contributed by atoms with E-state index in [1.807, 2.05) is 6.07 Å². The molecule has 7 nitrogen and oxygen atoms in total. The van der Waals surface area contributed by atoms with Crippen molar-refractivity contribution in [1.82, 2.24) is 5.32 Å². The van der Waals surface area contributed by atoms with Gasteiger partial charge in [0, 0.05) is 20.7 Å². The van der Waals surface area contributed by atoms with Gasteiger partial charge in [0.15, 0.2) is 0 Å². The van der Waals surface area contributed by atoms with Gasteiger partial charge in [-0.15, -0.1) is 0 Å². The molecule has 1 rings (SSSR count). The van der Waals surface area contributed by atoms with Gasteiger partial charge in [-0.3, -0.25) is 9.69 Å². The summed E-state index contributed by atoms with van der Waals surface area (Å²) in [6.45, 7) is 0.0701. The topological polar surface area (TPSA) is 103 Å². The lowest BCUT2D eigenvalue weighted by molar-refractivity contribution is -0.139. The van der Waals surface area contributed by atoms with Crippen molar-refractivity contribution >= 4 is 17.7 Å². The predicted octanol–water partition coefficient (Wildman–Crippen LogP) is 1.19. The Bertz CT molecular complexity index is 553. The Morgan fingerprint density at radius 1 is 1.48 bits per heavy atom. The smallest absolute Gasteiger partial charge is 0.321 e. The minimum Gasteiger partial charge on any atom is -0.481 e. The molecule has 0 bridgehead atoms. The molecule has 0 spiro atoms. The normalized spacial score (nSPS) is 11.3. The fourth-order valence-electron chi connectivity index (χ4n) is 1.72. The van der Waals surface area contributed by atoms with Crippen molar-refractivity contribution in [3.05, 3.63) is 29.8 Å². The van der Waals surface area contributed by atoms with Crippen molar-refractivity contribution in [3.63, 3.8) is 0 Å². The molecule has 0 heterocycles. The van der Waals surface area contributed by atoms with Crippen LogP contribution in [0.1, 0.15) is 12.0 Å². The van der Waals surface area contributed by atoms with E-state index in [0.717, 1.165) is 0 Å². The molecule has 0 saturated carbocycles. The Balaban J connectivity index is 2.67. The molecule has 1 atom stereocenters. The molecule has 7 heteroatoms. The maximum Gasteiger partial charge on any atom is 0.321 e. The summed E-state index contributed by atoms with van der Waals surface area (Å²) in [6.07, 6.45) is -0.805. The van der Waals surface area contributed by atoms with Gasteiger partial charge in [0.25, 0.3) is 0 Å². The van der Waals surface area contributed by atoms with Gasteiger partial charge in [-0.1, -0.05) is 12.1 Å². The molecule has 1 aromatic rings. The van der Waals surface area contributed by atoms with E-state index in [4.69, 9.17) is 15.1 Å². The number of nitriles is 1. The standard InChI is InChI=1S/C14H17N3O4/c1-17(12-6-4-3-5-10(12)8-15)14(20)16-9-11(21-2)7-13(18)19/h3-6,11H,7,9H2,1-2H3,(H,16,20)(H,18,19). The fourth-order valence-corrected chi connectivity index (χ4v) is 1.72. The summed E-state index contributed by atoms with van der Waals surface area (Å²) < 4.78 is 4.98. The first-order valence-electron chi connectivity index (χ1n) is 6.24. The SMILES string of the molecule is COC(CNC(=O)N(C)c1ccccc1C#N)CC(=O)O. The minimum atomic E-state index is -1.00. The first-order chi connectivity index (χ1) is 9.99. The van der Waals surface area contributed by atoms with Crippen LogP contribution in [0, 0.1) is 11.3 Å². The van der Waals surface area contributed by atoms with Crippen LogP contribution >= 0.6 is 0 Å². The minimum absolute atomic E-state index is 0.0701. The number of rotatable bonds is 6. The van der Waals surface area contributed by atoms with Crippen LogP contribution in [0.5, 0.6) is 0 Å². The molecule has 0 aliphatic heterocycles. The molecule has 112 valence electrons. The summed E-state index contributed by atoms with van der Waals surface area (Å²) >= 11 is 0. The highest BCUT2D eigenvalue weighted by Gasteiger charge is 2.17. The van der Waals surface area contributed by atoms with Gasteiger partial charge < -0.3 is 15.2 Å². The number of carboxylic acid groups (broad SMARTS) is 1. The third kappa shape index (κ3) is 4.78. The monoisotopic (exact) mass is 291 g/mol. The van der Waals surface area contributed by atoms with Crippen LogP contribution in [0.25, 0.3) is 0 Å². The Morgan fingerprint density at radius 2 is 2.14 bits per heavy atom. The number of amides is 2. The number of ether oxygens (including phenoxy) is 1. The Kier molecular flexibility index (Phi) is 6.17. The maximum absolute atomic E-state index is 12.0. The Labute approximate surface area is 122 Å². The molecule has 21 heavy (non-hydrogen) atoms. The maximum atomic E-state index is 12.0. The summed E-state index contributed by atoms with van der Waals surface area (Å²) in [5.41, 5.74) is 0.855. The molecule has 0 aliphatic rings. The molecule has 0 saturated heterocycles. The van der Waals surface area contributed by atoms with E-state index in [0.29, 0.717) is 11.3 Å². The Morgan fingerprint density at radius 3 is 2.71 bits per heavy atom. The average molecular weight is 291 g/mol. The number of aliphatic carboxylic acids is 1. The quantitative estimate of drug-likeness (QED) is 0.819. The highest BCUT2D eigenvalue weighted by molar-refractivity contribution is 5.92. The van der Waals surface area contributed by atoms with Crippen LogP contribution < -0.4 is 10.2 Å². The summed E-state index contributed by atoms with van der Waals surface area (Å²) in [5.74, 6) is -1.00. The lowest BCUT2D eigenvalue weighted by Crippen LogP contribution is -2.42. The second-order valence-corrected chi connectivity index (χ2v) is 4.33. The molecular weight excluding hydrogens is 274 g/mol. The highest BCUT2D eigenvalue weighted by Crippen LogP contribution is 2.17. The van der Waals surface area contributed by atoms with E-state index < -0.39 is 18.1 Å². The van der Waals surface area contributed by atoms with Crippen molar-refractivity contribution in [2.75, 3.05) is 25.6 Å². The van der Waals surface area contributed by atoms with Crippen LogP contribution in [0.15, 0.2) is 24.3 Å². The van der Waals surface area contributed by atoms with Crippen LogP contribution in [0.3, 0.4) is 0 Å². The van der Waals surface area contributed by atoms with E-state index in [1.165, 1.54) is 19.1 Å².